The number of morpholine rings is 1. The van der Waals surface area contributed by atoms with Gasteiger partial charge in [0.25, 0.3) is 0 Å². The smallest absolute Gasteiger partial charge is 0.140 e. The second-order valence-electron chi connectivity index (χ2n) is 7.42. The van der Waals surface area contributed by atoms with E-state index in [0.29, 0.717) is 12.1 Å². The summed E-state index contributed by atoms with van der Waals surface area (Å²) in [5, 5.41) is 9.15. The second-order valence-corrected chi connectivity index (χ2v) is 7.42. The molecular formula is C20H27N3O2. The SMILES string of the molecule is Cc1ccc(-c2nccn2[C@@H]2C[C@H]3CO[C@@H](CCO)CN3C2)cc1C. The quantitative estimate of drug-likeness (QED) is 0.929. The summed E-state index contributed by atoms with van der Waals surface area (Å²) in [6.07, 6.45) is 6.02. The fraction of sp³-hybridized carbons (Fsp3) is 0.550. The lowest BCUT2D eigenvalue weighted by Crippen LogP contribution is -2.46. The van der Waals surface area contributed by atoms with E-state index < -0.39 is 0 Å². The molecule has 3 heterocycles. The number of benzene rings is 1. The van der Waals surface area contributed by atoms with Crippen molar-refractivity contribution in [1.82, 2.24) is 14.5 Å². The van der Waals surface area contributed by atoms with Crippen LogP contribution in [0.4, 0.5) is 0 Å². The number of imidazole rings is 1. The van der Waals surface area contributed by atoms with Crippen molar-refractivity contribution in [3.63, 3.8) is 0 Å². The van der Waals surface area contributed by atoms with E-state index in [9.17, 15) is 0 Å². The molecule has 2 fully saturated rings. The highest BCUT2D eigenvalue weighted by atomic mass is 16.5. The molecule has 0 saturated carbocycles. The van der Waals surface area contributed by atoms with Gasteiger partial charge in [-0.1, -0.05) is 12.1 Å². The molecule has 4 rings (SSSR count). The molecule has 0 bridgehead atoms. The van der Waals surface area contributed by atoms with Gasteiger partial charge in [0.2, 0.25) is 0 Å². The summed E-state index contributed by atoms with van der Waals surface area (Å²) in [7, 11) is 0. The summed E-state index contributed by atoms with van der Waals surface area (Å²) in [6.45, 7) is 7.23. The fourth-order valence-electron chi connectivity index (χ4n) is 4.15. The van der Waals surface area contributed by atoms with Crippen LogP contribution in [0, 0.1) is 13.8 Å². The van der Waals surface area contributed by atoms with Crippen LogP contribution >= 0.6 is 0 Å². The van der Waals surface area contributed by atoms with Crippen LogP contribution in [-0.2, 0) is 4.74 Å². The topological polar surface area (TPSA) is 50.5 Å². The van der Waals surface area contributed by atoms with Gasteiger partial charge in [-0.15, -0.1) is 0 Å². The van der Waals surface area contributed by atoms with Crippen LogP contribution in [0.2, 0.25) is 0 Å². The zero-order valence-electron chi connectivity index (χ0n) is 15.1. The number of aryl methyl sites for hydroxylation is 2. The molecule has 0 aliphatic carbocycles. The molecule has 134 valence electrons. The molecule has 5 heteroatoms. The molecule has 0 unspecified atom stereocenters. The summed E-state index contributed by atoms with van der Waals surface area (Å²) < 4.78 is 8.25. The average molecular weight is 341 g/mol. The fourth-order valence-corrected chi connectivity index (χ4v) is 4.15. The number of aliphatic hydroxyl groups excluding tert-OH is 1. The molecule has 3 atom stereocenters. The molecule has 2 aliphatic rings. The predicted octanol–water partition coefficient (Wildman–Crippen LogP) is 2.56. The van der Waals surface area contributed by atoms with E-state index in [2.05, 4.69) is 52.7 Å². The lowest BCUT2D eigenvalue weighted by molar-refractivity contribution is -0.0567. The van der Waals surface area contributed by atoms with Crippen molar-refractivity contribution in [1.29, 1.82) is 0 Å². The number of hydrogen-bond donors (Lipinski definition) is 1. The lowest BCUT2D eigenvalue weighted by Gasteiger charge is -2.34. The minimum Gasteiger partial charge on any atom is -0.396 e. The summed E-state index contributed by atoms with van der Waals surface area (Å²) in [4.78, 5) is 7.17. The predicted molar refractivity (Wildman–Crippen MR) is 97.6 cm³/mol. The normalized spacial score (nSPS) is 26.8. The zero-order chi connectivity index (χ0) is 17.4. The van der Waals surface area contributed by atoms with Gasteiger partial charge in [-0.2, -0.15) is 0 Å². The van der Waals surface area contributed by atoms with Gasteiger partial charge in [0.15, 0.2) is 0 Å². The van der Waals surface area contributed by atoms with Crippen molar-refractivity contribution in [2.24, 2.45) is 0 Å². The number of hydrogen-bond acceptors (Lipinski definition) is 4. The Morgan fingerprint density at radius 1 is 1.20 bits per heavy atom. The molecule has 2 saturated heterocycles. The van der Waals surface area contributed by atoms with E-state index in [0.717, 1.165) is 38.4 Å². The number of rotatable bonds is 4. The van der Waals surface area contributed by atoms with Gasteiger partial charge >= 0.3 is 0 Å². The molecule has 1 N–H and O–H groups in total. The van der Waals surface area contributed by atoms with Crippen LogP contribution in [0.15, 0.2) is 30.6 Å². The second kappa shape index (κ2) is 6.90. The maximum absolute atomic E-state index is 9.15. The monoisotopic (exact) mass is 341 g/mol. The number of ether oxygens (including phenoxy) is 1. The van der Waals surface area contributed by atoms with E-state index in [1.807, 2.05) is 6.20 Å². The first-order chi connectivity index (χ1) is 12.2. The molecular weight excluding hydrogens is 314 g/mol. The first kappa shape index (κ1) is 16.8. The molecule has 1 aromatic carbocycles. The summed E-state index contributed by atoms with van der Waals surface area (Å²) in [6, 6.07) is 7.49. The van der Waals surface area contributed by atoms with Crippen molar-refractivity contribution >= 4 is 0 Å². The summed E-state index contributed by atoms with van der Waals surface area (Å²) >= 11 is 0. The maximum Gasteiger partial charge on any atom is 0.140 e. The van der Waals surface area contributed by atoms with Crippen molar-refractivity contribution in [2.45, 2.75) is 44.9 Å². The third-order valence-electron chi connectivity index (χ3n) is 5.75. The molecule has 25 heavy (non-hydrogen) atoms. The number of fused-ring (bicyclic) bond motifs is 1. The summed E-state index contributed by atoms with van der Waals surface area (Å²) in [5.74, 6) is 1.06. The minimum atomic E-state index is 0.169. The van der Waals surface area contributed by atoms with E-state index in [-0.39, 0.29) is 12.7 Å². The van der Waals surface area contributed by atoms with Crippen LogP contribution in [0.5, 0.6) is 0 Å². The Hall–Kier alpha value is -1.69. The molecule has 5 nitrogen and oxygen atoms in total. The highest BCUT2D eigenvalue weighted by molar-refractivity contribution is 5.58. The van der Waals surface area contributed by atoms with Gasteiger partial charge in [-0.05, 0) is 43.9 Å². The average Bonchev–Trinajstić information content (AvgIpc) is 3.23. The van der Waals surface area contributed by atoms with E-state index >= 15 is 0 Å². The van der Waals surface area contributed by atoms with E-state index in [4.69, 9.17) is 9.84 Å². The Kier molecular flexibility index (Phi) is 4.63. The standard InChI is InChI=1S/C20H27N3O2/c1-14-3-4-16(9-15(14)2)20-21-6-7-23(20)17-10-18-13-25-19(5-8-24)12-22(18)11-17/h3-4,6-7,9,17-19,24H,5,8,10-13H2,1-2H3/t17-,18+,19+/m1/s1. The Balaban J connectivity index is 1.54. The summed E-state index contributed by atoms with van der Waals surface area (Å²) in [5.41, 5.74) is 3.80. The van der Waals surface area contributed by atoms with Gasteiger partial charge < -0.3 is 14.4 Å². The third-order valence-corrected chi connectivity index (χ3v) is 5.75. The molecule has 0 radical (unpaired) electrons. The minimum absolute atomic E-state index is 0.169. The van der Waals surface area contributed by atoms with Gasteiger partial charge in [0.05, 0.1) is 12.7 Å². The molecule has 2 aromatic rings. The van der Waals surface area contributed by atoms with Crippen molar-refractivity contribution in [2.75, 3.05) is 26.3 Å². The highest BCUT2D eigenvalue weighted by Gasteiger charge is 2.38. The Morgan fingerprint density at radius 3 is 2.88 bits per heavy atom. The molecule has 2 aliphatic heterocycles. The van der Waals surface area contributed by atoms with Crippen molar-refractivity contribution in [3.8, 4) is 11.4 Å². The number of nitrogens with zero attached hydrogens (tertiary/aromatic N) is 3. The Morgan fingerprint density at radius 2 is 2.08 bits per heavy atom. The number of aliphatic hydroxyl groups is 1. The largest absolute Gasteiger partial charge is 0.396 e. The molecule has 1 aromatic heterocycles. The van der Waals surface area contributed by atoms with Gasteiger partial charge in [-0.3, -0.25) is 4.90 Å². The van der Waals surface area contributed by atoms with Crippen molar-refractivity contribution < 1.29 is 9.84 Å². The van der Waals surface area contributed by atoms with Crippen LogP contribution in [-0.4, -0.2) is 58.0 Å². The van der Waals surface area contributed by atoms with Gasteiger partial charge in [-0.25, -0.2) is 4.98 Å². The van der Waals surface area contributed by atoms with Crippen molar-refractivity contribution in [3.05, 3.63) is 41.7 Å². The highest BCUT2D eigenvalue weighted by Crippen LogP contribution is 2.34. The Labute approximate surface area is 149 Å². The van der Waals surface area contributed by atoms with E-state index in [1.54, 1.807) is 0 Å². The number of aromatic nitrogens is 2. The van der Waals surface area contributed by atoms with Crippen LogP contribution in [0.25, 0.3) is 11.4 Å². The van der Waals surface area contributed by atoms with Gasteiger partial charge in [0.1, 0.15) is 5.82 Å². The van der Waals surface area contributed by atoms with Gasteiger partial charge in [0, 0.05) is 49.7 Å². The first-order valence-electron chi connectivity index (χ1n) is 9.22. The lowest BCUT2D eigenvalue weighted by atomic mass is 10.1. The van der Waals surface area contributed by atoms with E-state index in [1.165, 1.54) is 16.7 Å². The van der Waals surface area contributed by atoms with Crippen LogP contribution in [0.1, 0.15) is 30.0 Å². The first-order valence-corrected chi connectivity index (χ1v) is 9.22. The molecule has 0 spiro atoms. The molecule has 0 amide bonds. The van der Waals surface area contributed by atoms with Crippen LogP contribution in [0.3, 0.4) is 0 Å². The van der Waals surface area contributed by atoms with Crippen LogP contribution < -0.4 is 0 Å². The Bertz CT molecular complexity index is 742. The zero-order valence-corrected chi connectivity index (χ0v) is 15.1. The maximum atomic E-state index is 9.15. The third kappa shape index (κ3) is 3.24.